The SMILES string of the molecule is Cl.NCc1nc2ccccc2[nH]1. The van der Waals surface area contributed by atoms with Crippen LogP contribution in [0.15, 0.2) is 24.3 Å². The van der Waals surface area contributed by atoms with E-state index in [1.54, 1.807) is 0 Å². The Bertz CT molecular complexity index is 336. The summed E-state index contributed by atoms with van der Waals surface area (Å²) >= 11 is 0. The average molecular weight is 184 g/mol. The molecular formula is C8H10ClN3. The first kappa shape index (κ1) is 9.03. The molecule has 0 atom stereocenters. The molecule has 4 heteroatoms. The second kappa shape index (κ2) is 3.56. The van der Waals surface area contributed by atoms with Crippen LogP contribution in [0.5, 0.6) is 0 Å². The summed E-state index contributed by atoms with van der Waals surface area (Å²) < 4.78 is 0. The molecule has 1 aromatic heterocycles. The van der Waals surface area contributed by atoms with Crippen molar-refractivity contribution in [2.75, 3.05) is 0 Å². The van der Waals surface area contributed by atoms with Crippen LogP contribution < -0.4 is 5.73 Å². The van der Waals surface area contributed by atoms with E-state index in [0.717, 1.165) is 16.9 Å². The van der Waals surface area contributed by atoms with Gasteiger partial charge >= 0.3 is 0 Å². The molecule has 12 heavy (non-hydrogen) atoms. The van der Waals surface area contributed by atoms with Gasteiger partial charge in [-0.05, 0) is 12.1 Å². The number of aromatic amines is 1. The van der Waals surface area contributed by atoms with Gasteiger partial charge in [-0.25, -0.2) is 4.98 Å². The first-order chi connectivity index (χ1) is 5.40. The Balaban J connectivity index is 0.000000720. The van der Waals surface area contributed by atoms with E-state index in [4.69, 9.17) is 5.73 Å². The van der Waals surface area contributed by atoms with Gasteiger partial charge in [0.05, 0.1) is 17.6 Å². The number of hydrogen-bond donors (Lipinski definition) is 2. The van der Waals surface area contributed by atoms with Crippen molar-refractivity contribution in [1.29, 1.82) is 0 Å². The molecule has 3 nitrogen and oxygen atoms in total. The number of aromatic nitrogens is 2. The van der Waals surface area contributed by atoms with Gasteiger partial charge < -0.3 is 10.7 Å². The maximum absolute atomic E-state index is 5.42. The van der Waals surface area contributed by atoms with Crippen LogP contribution in [-0.2, 0) is 6.54 Å². The molecule has 0 amide bonds. The smallest absolute Gasteiger partial charge is 0.121 e. The Morgan fingerprint density at radius 1 is 1.33 bits per heavy atom. The lowest BCUT2D eigenvalue weighted by atomic mass is 10.3. The molecule has 0 saturated heterocycles. The molecule has 0 spiro atoms. The minimum Gasteiger partial charge on any atom is -0.341 e. The predicted molar refractivity (Wildman–Crippen MR) is 51.2 cm³/mol. The number of rotatable bonds is 1. The molecule has 0 radical (unpaired) electrons. The van der Waals surface area contributed by atoms with Crippen molar-refractivity contribution in [1.82, 2.24) is 9.97 Å². The standard InChI is InChI=1S/C8H9N3.ClH/c9-5-8-10-6-3-1-2-4-7(6)11-8;/h1-4H,5,9H2,(H,10,11);1H. The van der Waals surface area contributed by atoms with Crippen molar-refractivity contribution in [3.05, 3.63) is 30.1 Å². The number of hydrogen-bond acceptors (Lipinski definition) is 2. The molecule has 2 rings (SSSR count). The van der Waals surface area contributed by atoms with Crippen LogP contribution in [0.2, 0.25) is 0 Å². The van der Waals surface area contributed by atoms with Crippen LogP contribution in [0.1, 0.15) is 5.82 Å². The molecule has 3 N–H and O–H groups in total. The van der Waals surface area contributed by atoms with Crippen LogP contribution in [0.4, 0.5) is 0 Å². The maximum Gasteiger partial charge on any atom is 0.121 e. The van der Waals surface area contributed by atoms with Gasteiger partial charge in [0.15, 0.2) is 0 Å². The zero-order valence-electron chi connectivity index (χ0n) is 6.45. The van der Waals surface area contributed by atoms with Crippen LogP contribution in [0, 0.1) is 0 Å². The highest BCUT2D eigenvalue weighted by atomic mass is 35.5. The van der Waals surface area contributed by atoms with Crippen molar-refractivity contribution < 1.29 is 0 Å². The third-order valence-electron chi connectivity index (χ3n) is 1.63. The molecule has 64 valence electrons. The number of benzene rings is 1. The maximum atomic E-state index is 5.42. The minimum atomic E-state index is 0. The highest BCUT2D eigenvalue weighted by Gasteiger charge is 1.97. The Morgan fingerprint density at radius 2 is 2.08 bits per heavy atom. The normalized spacial score (nSPS) is 9.75. The minimum absolute atomic E-state index is 0. The fraction of sp³-hybridized carbons (Fsp3) is 0.125. The molecule has 1 aromatic carbocycles. The number of para-hydroxylation sites is 2. The second-order valence-corrected chi connectivity index (χ2v) is 2.40. The van der Waals surface area contributed by atoms with Crippen molar-refractivity contribution in [3.8, 4) is 0 Å². The van der Waals surface area contributed by atoms with E-state index in [9.17, 15) is 0 Å². The second-order valence-electron chi connectivity index (χ2n) is 2.40. The van der Waals surface area contributed by atoms with Crippen LogP contribution in [0.25, 0.3) is 11.0 Å². The molecule has 0 aliphatic carbocycles. The van der Waals surface area contributed by atoms with Gasteiger partial charge in [0.25, 0.3) is 0 Å². The first-order valence-corrected chi connectivity index (χ1v) is 3.54. The Kier molecular flexibility index (Phi) is 2.68. The third-order valence-corrected chi connectivity index (χ3v) is 1.63. The average Bonchev–Trinajstić information content (AvgIpc) is 2.46. The number of nitrogens with two attached hydrogens (primary N) is 1. The number of nitrogens with zero attached hydrogens (tertiary/aromatic N) is 1. The summed E-state index contributed by atoms with van der Waals surface area (Å²) in [6.45, 7) is 0.467. The highest BCUT2D eigenvalue weighted by molar-refractivity contribution is 5.85. The number of H-pyrrole nitrogens is 1. The highest BCUT2D eigenvalue weighted by Crippen LogP contribution is 2.09. The number of fused-ring (bicyclic) bond motifs is 1. The van der Waals surface area contributed by atoms with Gasteiger partial charge in [-0.1, -0.05) is 12.1 Å². The van der Waals surface area contributed by atoms with E-state index in [1.165, 1.54) is 0 Å². The summed E-state index contributed by atoms with van der Waals surface area (Å²) in [4.78, 5) is 7.36. The molecule has 0 saturated carbocycles. The number of halogens is 1. The summed E-state index contributed by atoms with van der Waals surface area (Å²) in [5.41, 5.74) is 7.45. The lowest BCUT2D eigenvalue weighted by Gasteiger charge is -1.82. The third kappa shape index (κ3) is 1.42. The molecule has 0 bridgehead atoms. The van der Waals surface area contributed by atoms with E-state index in [2.05, 4.69) is 9.97 Å². The van der Waals surface area contributed by atoms with E-state index in [0.29, 0.717) is 6.54 Å². The summed E-state index contributed by atoms with van der Waals surface area (Å²) in [5.74, 6) is 0.839. The zero-order chi connectivity index (χ0) is 7.68. The van der Waals surface area contributed by atoms with Gasteiger partial charge in [-0.3, -0.25) is 0 Å². The predicted octanol–water partition coefficient (Wildman–Crippen LogP) is 1.44. The van der Waals surface area contributed by atoms with Gasteiger partial charge in [-0.15, -0.1) is 12.4 Å². The lowest BCUT2D eigenvalue weighted by Crippen LogP contribution is -1.97. The van der Waals surface area contributed by atoms with E-state index in [-0.39, 0.29) is 12.4 Å². The fourth-order valence-corrected chi connectivity index (χ4v) is 1.10. The van der Waals surface area contributed by atoms with E-state index >= 15 is 0 Å². The Labute approximate surface area is 76.4 Å². The number of imidazole rings is 1. The Hall–Kier alpha value is -1.06. The monoisotopic (exact) mass is 183 g/mol. The van der Waals surface area contributed by atoms with Crippen LogP contribution >= 0.6 is 12.4 Å². The van der Waals surface area contributed by atoms with Crippen molar-refractivity contribution in [3.63, 3.8) is 0 Å². The molecular weight excluding hydrogens is 174 g/mol. The first-order valence-electron chi connectivity index (χ1n) is 3.54. The zero-order valence-corrected chi connectivity index (χ0v) is 7.27. The van der Waals surface area contributed by atoms with Gasteiger partial charge in [0.1, 0.15) is 5.82 Å². The summed E-state index contributed by atoms with van der Waals surface area (Å²) in [7, 11) is 0. The fourth-order valence-electron chi connectivity index (χ4n) is 1.10. The summed E-state index contributed by atoms with van der Waals surface area (Å²) in [5, 5.41) is 0. The molecule has 1 heterocycles. The molecule has 0 fully saturated rings. The van der Waals surface area contributed by atoms with Gasteiger partial charge in [-0.2, -0.15) is 0 Å². The number of nitrogens with one attached hydrogen (secondary N) is 1. The molecule has 0 aliphatic rings. The van der Waals surface area contributed by atoms with E-state index < -0.39 is 0 Å². The van der Waals surface area contributed by atoms with E-state index in [1.807, 2.05) is 24.3 Å². The summed E-state index contributed by atoms with van der Waals surface area (Å²) in [6.07, 6.45) is 0. The molecule has 2 aromatic rings. The van der Waals surface area contributed by atoms with Crippen molar-refractivity contribution in [2.24, 2.45) is 5.73 Å². The van der Waals surface area contributed by atoms with Crippen LogP contribution in [0.3, 0.4) is 0 Å². The quantitative estimate of drug-likeness (QED) is 0.703. The lowest BCUT2D eigenvalue weighted by molar-refractivity contribution is 0.958. The Morgan fingerprint density at radius 3 is 2.75 bits per heavy atom. The van der Waals surface area contributed by atoms with Gasteiger partial charge in [0, 0.05) is 0 Å². The van der Waals surface area contributed by atoms with Gasteiger partial charge in [0.2, 0.25) is 0 Å². The molecule has 0 aliphatic heterocycles. The summed E-state index contributed by atoms with van der Waals surface area (Å²) in [6, 6.07) is 7.89. The van der Waals surface area contributed by atoms with Crippen molar-refractivity contribution >= 4 is 23.4 Å². The van der Waals surface area contributed by atoms with Crippen molar-refractivity contribution in [2.45, 2.75) is 6.54 Å². The van der Waals surface area contributed by atoms with Crippen LogP contribution in [-0.4, -0.2) is 9.97 Å². The largest absolute Gasteiger partial charge is 0.341 e. The molecule has 0 unspecified atom stereocenters. The topological polar surface area (TPSA) is 54.7 Å².